The molecule has 22 heavy (non-hydrogen) atoms. The van der Waals surface area contributed by atoms with Crippen LogP contribution in [0.4, 0.5) is 0 Å². The van der Waals surface area contributed by atoms with Crippen LogP contribution in [0.3, 0.4) is 0 Å². The molecule has 0 amide bonds. The number of esters is 1. The summed E-state index contributed by atoms with van der Waals surface area (Å²) < 4.78 is 16.7. The fraction of sp³-hybridized carbons (Fsp3) is 0.588. The summed E-state index contributed by atoms with van der Waals surface area (Å²) in [7, 11) is 0. The fourth-order valence-electron chi connectivity index (χ4n) is 2.95. The van der Waals surface area contributed by atoms with Gasteiger partial charge in [0.2, 0.25) is 6.10 Å². The van der Waals surface area contributed by atoms with Crippen LogP contribution in [0.2, 0.25) is 0 Å². The summed E-state index contributed by atoms with van der Waals surface area (Å²) in [5.41, 5.74) is 0. The molecule has 0 spiro atoms. The zero-order valence-electron chi connectivity index (χ0n) is 13.0. The molecule has 0 saturated carbocycles. The highest BCUT2D eigenvalue weighted by atomic mass is 16.6. The first kappa shape index (κ1) is 15.2. The van der Waals surface area contributed by atoms with Gasteiger partial charge in [0.15, 0.2) is 11.5 Å². The van der Waals surface area contributed by atoms with Crippen LogP contribution in [0, 0.1) is 0 Å². The van der Waals surface area contributed by atoms with Crippen molar-refractivity contribution in [3.05, 3.63) is 24.3 Å². The smallest absolute Gasteiger partial charge is 0.351 e. The maximum absolute atomic E-state index is 12.2. The number of piperidine rings is 1. The molecule has 0 N–H and O–H groups in total. The molecular weight excluding hydrogens is 282 g/mol. The summed E-state index contributed by atoms with van der Waals surface area (Å²) >= 11 is 0. The standard InChI is InChI=1S/C17H23NO4/c1-13(11-18-9-5-2-6-10-18)21-17(19)16-12-20-14-7-3-4-8-15(14)22-16/h3-4,7-8,13,16H,2,5-6,9-12H2,1H3/t13-,16+/m0/s1. The van der Waals surface area contributed by atoms with Crippen molar-refractivity contribution < 1.29 is 19.0 Å². The van der Waals surface area contributed by atoms with Crippen LogP contribution in [0.25, 0.3) is 0 Å². The van der Waals surface area contributed by atoms with E-state index in [0.717, 1.165) is 19.6 Å². The monoisotopic (exact) mass is 305 g/mol. The molecule has 1 aromatic rings. The van der Waals surface area contributed by atoms with Gasteiger partial charge in [-0.2, -0.15) is 0 Å². The molecule has 120 valence electrons. The van der Waals surface area contributed by atoms with E-state index in [0.29, 0.717) is 11.5 Å². The zero-order chi connectivity index (χ0) is 15.4. The van der Waals surface area contributed by atoms with Gasteiger partial charge in [-0.05, 0) is 45.0 Å². The van der Waals surface area contributed by atoms with Crippen molar-refractivity contribution in [3.8, 4) is 11.5 Å². The predicted octanol–water partition coefficient (Wildman–Crippen LogP) is 2.24. The Hall–Kier alpha value is -1.75. The number of fused-ring (bicyclic) bond motifs is 1. The number of ether oxygens (including phenoxy) is 3. The van der Waals surface area contributed by atoms with Gasteiger partial charge in [-0.3, -0.25) is 4.90 Å². The van der Waals surface area contributed by atoms with E-state index < -0.39 is 6.10 Å². The van der Waals surface area contributed by atoms with Crippen molar-refractivity contribution in [3.63, 3.8) is 0 Å². The number of carbonyl (C=O) groups is 1. The average Bonchev–Trinajstić information content (AvgIpc) is 2.55. The van der Waals surface area contributed by atoms with E-state index in [-0.39, 0.29) is 18.7 Å². The summed E-state index contributed by atoms with van der Waals surface area (Å²) in [4.78, 5) is 14.6. The van der Waals surface area contributed by atoms with Gasteiger partial charge in [0.05, 0.1) is 0 Å². The lowest BCUT2D eigenvalue weighted by atomic mass is 10.1. The molecule has 1 saturated heterocycles. The molecule has 3 rings (SSSR count). The summed E-state index contributed by atoms with van der Waals surface area (Å²) in [5, 5.41) is 0. The van der Waals surface area contributed by atoms with Gasteiger partial charge in [0.25, 0.3) is 0 Å². The Balaban J connectivity index is 1.49. The van der Waals surface area contributed by atoms with Crippen molar-refractivity contribution in [2.75, 3.05) is 26.2 Å². The van der Waals surface area contributed by atoms with Gasteiger partial charge >= 0.3 is 5.97 Å². The van der Waals surface area contributed by atoms with Gasteiger partial charge in [0.1, 0.15) is 12.7 Å². The van der Waals surface area contributed by atoms with Crippen LogP contribution in [-0.4, -0.2) is 49.3 Å². The zero-order valence-corrected chi connectivity index (χ0v) is 13.0. The number of rotatable bonds is 4. The van der Waals surface area contributed by atoms with Crippen LogP contribution < -0.4 is 9.47 Å². The van der Waals surface area contributed by atoms with Crippen molar-refractivity contribution in [2.24, 2.45) is 0 Å². The fourth-order valence-corrected chi connectivity index (χ4v) is 2.95. The lowest BCUT2D eigenvalue weighted by Gasteiger charge is -2.30. The van der Waals surface area contributed by atoms with Gasteiger partial charge in [-0.1, -0.05) is 18.6 Å². The minimum Gasteiger partial charge on any atom is -0.485 e. The Morgan fingerprint density at radius 2 is 2.00 bits per heavy atom. The molecule has 1 fully saturated rings. The number of hydrogen-bond acceptors (Lipinski definition) is 5. The molecule has 1 aromatic carbocycles. The lowest BCUT2D eigenvalue weighted by Crippen LogP contribution is -2.42. The van der Waals surface area contributed by atoms with Crippen molar-refractivity contribution in [1.29, 1.82) is 0 Å². The highest BCUT2D eigenvalue weighted by Crippen LogP contribution is 2.31. The Bertz CT molecular complexity index is 513. The highest BCUT2D eigenvalue weighted by molar-refractivity contribution is 5.76. The van der Waals surface area contributed by atoms with Crippen molar-refractivity contribution >= 4 is 5.97 Å². The first-order valence-corrected chi connectivity index (χ1v) is 8.04. The third kappa shape index (κ3) is 3.71. The topological polar surface area (TPSA) is 48.0 Å². The van der Waals surface area contributed by atoms with E-state index in [2.05, 4.69) is 4.90 Å². The van der Waals surface area contributed by atoms with Gasteiger partial charge in [-0.15, -0.1) is 0 Å². The van der Waals surface area contributed by atoms with Gasteiger partial charge in [0, 0.05) is 6.54 Å². The number of likely N-dealkylation sites (tertiary alicyclic amines) is 1. The van der Waals surface area contributed by atoms with Crippen LogP contribution in [0.1, 0.15) is 26.2 Å². The van der Waals surface area contributed by atoms with E-state index in [1.807, 2.05) is 25.1 Å². The highest BCUT2D eigenvalue weighted by Gasteiger charge is 2.30. The van der Waals surface area contributed by atoms with E-state index in [1.165, 1.54) is 19.3 Å². The first-order chi connectivity index (χ1) is 10.7. The molecular formula is C17H23NO4. The summed E-state index contributed by atoms with van der Waals surface area (Å²) in [5.74, 6) is 0.923. The molecule has 2 heterocycles. The quantitative estimate of drug-likeness (QED) is 0.799. The largest absolute Gasteiger partial charge is 0.485 e. The minimum absolute atomic E-state index is 0.133. The molecule has 0 aromatic heterocycles. The van der Waals surface area contributed by atoms with E-state index in [1.54, 1.807) is 6.07 Å². The normalized spacial score (nSPS) is 22.9. The van der Waals surface area contributed by atoms with E-state index in [4.69, 9.17) is 14.2 Å². The third-order valence-corrected chi connectivity index (χ3v) is 4.05. The summed E-state index contributed by atoms with van der Waals surface area (Å²) in [6, 6.07) is 7.36. The van der Waals surface area contributed by atoms with E-state index in [9.17, 15) is 4.79 Å². The second kappa shape index (κ2) is 7.01. The number of carbonyl (C=O) groups excluding carboxylic acids is 1. The average molecular weight is 305 g/mol. The molecule has 5 heteroatoms. The molecule has 0 aliphatic carbocycles. The third-order valence-electron chi connectivity index (χ3n) is 4.05. The Kier molecular flexibility index (Phi) is 4.83. The molecule has 2 atom stereocenters. The second-order valence-corrected chi connectivity index (χ2v) is 5.97. The maximum Gasteiger partial charge on any atom is 0.351 e. The maximum atomic E-state index is 12.2. The Labute approximate surface area is 131 Å². The lowest BCUT2D eigenvalue weighted by molar-refractivity contribution is -0.160. The van der Waals surface area contributed by atoms with Crippen molar-refractivity contribution in [2.45, 2.75) is 38.4 Å². The first-order valence-electron chi connectivity index (χ1n) is 8.04. The molecule has 0 bridgehead atoms. The van der Waals surface area contributed by atoms with Crippen LogP contribution in [0.5, 0.6) is 11.5 Å². The number of nitrogens with zero attached hydrogens (tertiary/aromatic N) is 1. The minimum atomic E-state index is -0.682. The predicted molar refractivity (Wildman–Crippen MR) is 82.2 cm³/mol. The Morgan fingerprint density at radius 3 is 2.77 bits per heavy atom. The van der Waals surface area contributed by atoms with Crippen LogP contribution >= 0.6 is 0 Å². The molecule has 5 nitrogen and oxygen atoms in total. The number of hydrogen-bond donors (Lipinski definition) is 0. The Morgan fingerprint density at radius 1 is 1.27 bits per heavy atom. The number of para-hydroxylation sites is 2. The summed E-state index contributed by atoms with van der Waals surface area (Å²) in [6.07, 6.45) is 2.95. The molecule has 2 aliphatic rings. The molecule has 0 radical (unpaired) electrons. The molecule has 0 unspecified atom stereocenters. The van der Waals surface area contributed by atoms with E-state index >= 15 is 0 Å². The van der Waals surface area contributed by atoms with Gasteiger partial charge in [-0.25, -0.2) is 4.79 Å². The number of benzene rings is 1. The molecule has 2 aliphatic heterocycles. The summed E-state index contributed by atoms with van der Waals surface area (Å²) in [6.45, 7) is 5.11. The van der Waals surface area contributed by atoms with Crippen LogP contribution in [-0.2, 0) is 9.53 Å². The second-order valence-electron chi connectivity index (χ2n) is 5.97. The SMILES string of the molecule is C[C@@H](CN1CCCCC1)OC(=O)[C@H]1COc2ccccc2O1. The van der Waals surface area contributed by atoms with Gasteiger partial charge < -0.3 is 14.2 Å². The van der Waals surface area contributed by atoms with Crippen molar-refractivity contribution in [1.82, 2.24) is 4.90 Å². The van der Waals surface area contributed by atoms with Crippen LogP contribution in [0.15, 0.2) is 24.3 Å².